The van der Waals surface area contributed by atoms with E-state index in [2.05, 4.69) is 6.92 Å². The molecule has 3 nitrogen and oxygen atoms in total. The Hall–Kier alpha value is -0.570. The fraction of sp³-hybridized carbons (Fsp3) is 0.923. The molecule has 94 valence electrons. The molecule has 1 unspecified atom stereocenters. The van der Waals surface area contributed by atoms with Crippen LogP contribution in [0.25, 0.3) is 0 Å². The molecular formula is C13H25NO2. The number of carbonyl (C=O) groups excluding carboxylic acids is 1. The van der Waals surface area contributed by atoms with Crippen molar-refractivity contribution < 1.29 is 9.53 Å². The van der Waals surface area contributed by atoms with Crippen LogP contribution in [0.4, 0.5) is 0 Å². The summed E-state index contributed by atoms with van der Waals surface area (Å²) in [6.45, 7) is 4.50. The first kappa shape index (κ1) is 13.5. The maximum atomic E-state index is 11.3. The second-order valence-electron chi connectivity index (χ2n) is 4.86. The van der Waals surface area contributed by atoms with E-state index in [1.807, 2.05) is 6.92 Å². The van der Waals surface area contributed by atoms with E-state index in [0.717, 1.165) is 19.3 Å². The van der Waals surface area contributed by atoms with E-state index in [9.17, 15) is 4.79 Å². The van der Waals surface area contributed by atoms with Crippen LogP contribution in [0.5, 0.6) is 0 Å². The molecule has 1 aliphatic carbocycles. The Bertz CT molecular complexity index is 210. The van der Waals surface area contributed by atoms with Gasteiger partial charge in [0.25, 0.3) is 0 Å². The average molecular weight is 227 g/mol. The Kier molecular flexibility index (Phi) is 5.81. The van der Waals surface area contributed by atoms with Crippen LogP contribution < -0.4 is 5.73 Å². The molecule has 0 heterocycles. The average Bonchev–Trinajstić information content (AvgIpc) is 2.29. The topological polar surface area (TPSA) is 52.3 Å². The molecule has 0 radical (unpaired) electrons. The Morgan fingerprint density at radius 3 is 2.44 bits per heavy atom. The van der Waals surface area contributed by atoms with Gasteiger partial charge in [-0.1, -0.05) is 6.92 Å². The van der Waals surface area contributed by atoms with Gasteiger partial charge in [-0.3, -0.25) is 4.79 Å². The van der Waals surface area contributed by atoms with Crippen LogP contribution in [-0.2, 0) is 9.53 Å². The Labute approximate surface area is 98.7 Å². The van der Waals surface area contributed by atoms with Crippen LogP contribution >= 0.6 is 0 Å². The van der Waals surface area contributed by atoms with E-state index in [1.165, 1.54) is 12.8 Å². The van der Waals surface area contributed by atoms with Gasteiger partial charge < -0.3 is 10.5 Å². The maximum absolute atomic E-state index is 11.3. The predicted octanol–water partition coefficient (Wildman–Crippen LogP) is 2.48. The van der Waals surface area contributed by atoms with Crippen LogP contribution in [0.2, 0.25) is 0 Å². The third-order valence-electron chi connectivity index (χ3n) is 3.73. The van der Waals surface area contributed by atoms with Gasteiger partial charge in [0.15, 0.2) is 0 Å². The third-order valence-corrected chi connectivity index (χ3v) is 3.73. The van der Waals surface area contributed by atoms with Crippen molar-refractivity contribution in [1.29, 1.82) is 0 Å². The summed E-state index contributed by atoms with van der Waals surface area (Å²) in [5, 5.41) is 0. The van der Waals surface area contributed by atoms with Crippen molar-refractivity contribution in [1.82, 2.24) is 0 Å². The zero-order valence-corrected chi connectivity index (χ0v) is 10.6. The van der Waals surface area contributed by atoms with E-state index < -0.39 is 0 Å². The SMILES string of the molecule is CCOC(=O)CC1CCC(C(N)CC)CC1. The highest BCUT2D eigenvalue weighted by atomic mass is 16.5. The lowest BCUT2D eigenvalue weighted by Gasteiger charge is -2.31. The van der Waals surface area contributed by atoms with E-state index in [0.29, 0.717) is 30.9 Å². The van der Waals surface area contributed by atoms with Gasteiger partial charge in [0.2, 0.25) is 0 Å². The minimum atomic E-state index is -0.0364. The van der Waals surface area contributed by atoms with Crippen molar-refractivity contribution in [3.05, 3.63) is 0 Å². The highest BCUT2D eigenvalue weighted by molar-refractivity contribution is 5.69. The number of carbonyl (C=O) groups is 1. The van der Waals surface area contributed by atoms with E-state index in [4.69, 9.17) is 10.5 Å². The van der Waals surface area contributed by atoms with E-state index in [-0.39, 0.29) is 5.97 Å². The van der Waals surface area contributed by atoms with Crippen molar-refractivity contribution in [2.24, 2.45) is 17.6 Å². The van der Waals surface area contributed by atoms with Crippen LogP contribution in [0.1, 0.15) is 52.4 Å². The first-order valence-electron chi connectivity index (χ1n) is 6.58. The van der Waals surface area contributed by atoms with Crippen molar-refractivity contribution >= 4 is 5.97 Å². The largest absolute Gasteiger partial charge is 0.466 e. The van der Waals surface area contributed by atoms with Crippen molar-refractivity contribution in [3.63, 3.8) is 0 Å². The molecule has 1 aliphatic rings. The fourth-order valence-electron chi connectivity index (χ4n) is 2.61. The van der Waals surface area contributed by atoms with E-state index in [1.54, 1.807) is 0 Å². The molecule has 16 heavy (non-hydrogen) atoms. The van der Waals surface area contributed by atoms with Gasteiger partial charge in [-0.2, -0.15) is 0 Å². The van der Waals surface area contributed by atoms with Gasteiger partial charge in [-0.25, -0.2) is 0 Å². The molecule has 0 aromatic carbocycles. The number of hydrogen-bond donors (Lipinski definition) is 1. The predicted molar refractivity (Wildman–Crippen MR) is 65.0 cm³/mol. The van der Waals surface area contributed by atoms with Gasteiger partial charge in [0, 0.05) is 12.5 Å². The lowest BCUT2D eigenvalue weighted by atomic mass is 9.77. The molecule has 1 saturated carbocycles. The van der Waals surface area contributed by atoms with Crippen LogP contribution in [0.15, 0.2) is 0 Å². The molecule has 0 aromatic heterocycles. The minimum absolute atomic E-state index is 0.0364. The number of esters is 1. The van der Waals surface area contributed by atoms with Crippen LogP contribution in [-0.4, -0.2) is 18.6 Å². The number of rotatable bonds is 5. The number of nitrogens with two attached hydrogens (primary N) is 1. The van der Waals surface area contributed by atoms with Gasteiger partial charge >= 0.3 is 5.97 Å². The molecule has 1 fully saturated rings. The molecule has 0 aliphatic heterocycles. The molecule has 1 atom stereocenters. The highest BCUT2D eigenvalue weighted by Gasteiger charge is 2.26. The molecule has 0 spiro atoms. The second-order valence-corrected chi connectivity index (χ2v) is 4.86. The highest BCUT2D eigenvalue weighted by Crippen LogP contribution is 2.32. The Balaban J connectivity index is 2.24. The summed E-state index contributed by atoms with van der Waals surface area (Å²) in [5.74, 6) is 1.16. The molecular weight excluding hydrogens is 202 g/mol. The first-order chi connectivity index (χ1) is 7.67. The lowest BCUT2D eigenvalue weighted by Crippen LogP contribution is -2.32. The quantitative estimate of drug-likeness (QED) is 0.734. The van der Waals surface area contributed by atoms with Crippen LogP contribution in [0, 0.1) is 11.8 Å². The molecule has 0 aromatic rings. The molecule has 0 amide bonds. The Morgan fingerprint density at radius 1 is 1.31 bits per heavy atom. The van der Waals surface area contributed by atoms with Gasteiger partial charge in [-0.15, -0.1) is 0 Å². The van der Waals surface area contributed by atoms with Crippen molar-refractivity contribution in [3.8, 4) is 0 Å². The van der Waals surface area contributed by atoms with E-state index >= 15 is 0 Å². The molecule has 2 N–H and O–H groups in total. The summed E-state index contributed by atoms with van der Waals surface area (Å²) in [6, 6.07) is 0.351. The van der Waals surface area contributed by atoms with Gasteiger partial charge in [0.05, 0.1) is 6.61 Å². The summed E-state index contributed by atoms with van der Waals surface area (Å²) in [4.78, 5) is 11.3. The minimum Gasteiger partial charge on any atom is -0.466 e. The number of ether oxygens (including phenoxy) is 1. The standard InChI is InChI=1S/C13H25NO2/c1-3-12(14)11-7-5-10(6-8-11)9-13(15)16-4-2/h10-12H,3-9,14H2,1-2H3. The fourth-order valence-corrected chi connectivity index (χ4v) is 2.61. The van der Waals surface area contributed by atoms with Gasteiger partial charge in [-0.05, 0) is 50.9 Å². The summed E-state index contributed by atoms with van der Waals surface area (Å²) < 4.78 is 4.98. The molecule has 0 bridgehead atoms. The smallest absolute Gasteiger partial charge is 0.306 e. The van der Waals surface area contributed by atoms with Gasteiger partial charge in [0.1, 0.15) is 0 Å². The summed E-state index contributed by atoms with van der Waals surface area (Å²) in [5.41, 5.74) is 6.05. The zero-order chi connectivity index (χ0) is 12.0. The first-order valence-corrected chi connectivity index (χ1v) is 6.58. The lowest BCUT2D eigenvalue weighted by molar-refractivity contribution is -0.144. The van der Waals surface area contributed by atoms with Crippen LogP contribution in [0.3, 0.4) is 0 Å². The molecule has 1 rings (SSSR count). The summed E-state index contributed by atoms with van der Waals surface area (Å²) >= 11 is 0. The maximum Gasteiger partial charge on any atom is 0.306 e. The monoisotopic (exact) mass is 227 g/mol. The second kappa shape index (κ2) is 6.89. The summed E-state index contributed by atoms with van der Waals surface area (Å²) in [7, 11) is 0. The third kappa shape index (κ3) is 4.12. The Morgan fingerprint density at radius 2 is 1.94 bits per heavy atom. The molecule has 3 heteroatoms. The summed E-state index contributed by atoms with van der Waals surface area (Å²) in [6.07, 6.45) is 6.29. The van der Waals surface area contributed by atoms with Crippen molar-refractivity contribution in [2.75, 3.05) is 6.61 Å². The molecule has 0 saturated heterocycles. The van der Waals surface area contributed by atoms with Crippen molar-refractivity contribution in [2.45, 2.75) is 58.4 Å². The normalized spacial score (nSPS) is 27.4. The zero-order valence-electron chi connectivity index (χ0n) is 10.6. The number of hydrogen-bond acceptors (Lipinski definition) is 3.